The molecule has 0 radical (unpaired) electrons. The number of ether oxygens (including phenoxy) is 2. The molecule has 0 fully saturated rings. The van der Waals surface area contributed by atoms with Gasteiger partial charge in [0.15, 0.2) is 11.5 Å². The molecule has 0 bridgehead atoms. The standard InChI is InChI=1S/C16H16BrNO3/c1-20-14-8-7-11(9-15(14)21-2)16(19)18-13-6-4-3-5-12(13)10-17/h3-9H,10H2,1-2H3,(H,18,19). The van der Waals surface area contributed by atoms with Gasteiger partial charge in [-0.25, -0.2) is 0 Å². The summed E-state index contributed by atoms with van der Waals surface area (Å²) in [7, 11) is 3.10. The van der Waals surface area contributed by atoms with Crippen LogP contribution in [-0.2, 0) is 5.33 Å². The molecule has 0 aromatic heterocycles. The van der Waals surface area contributed by atoms with E-state index in [0.717, 1.165) is 11.3 Å². The smallest absolute Gasteiger partial charge is 0.255 e. The number of carbonyl (C=O) groups is 1. The van der Waals surface area contributed by atoms with Gasteiger partial charge in [-0.3, -0.25) is 4.79 Å². The number of methoxy groups -OCH3 is 2. The molecule has 0 aliphatic heterocycles. The van der Waals surface area contributed by atoms with Crippen LogP contribution >= 0.6 is 15.9 Å². The van der Waals surface area contributed by atoms with Gasteiger partial charge >= 0.3 is 0 Å². The molecule has 0 heterocycles. The number of alkyl halides is 1. The van der Waals surface area contributed by atoms with E-state index in [1.807, 2.05) is 24.3 Å². The summed E-state index contributed by atoms with van der Waals surface area (Å²) in [4.78, 5) is 12.3. The van der Waals surface area contributed by atoms with Crippen molar-refractivity contribution in [1.82, 2.24) is 0 Å². The quantitative estimate of drug-likeness (QED) is 0.834. The zero-order chi connectivity index (χ0) is 15.2. The first kappa shape index (κ1) is 15.4. The van der Waals surface area contributed by atoms with Crippen LogP contribution in [0.4, 0.5) is 5.69 Å². The van der Waals surface area contributed by atoms with Gasteiger partial charge in [-0.05, 0) is 29.8 Å². The van der Waals surface area contributed by atoms with E-state index in [9.17, 15) is 4.79 Å². The minimum absolute atomic E-state index is 0.190. The van der Waals surface area contributed by atoms with E-state index < -0.39 is 0 Å². The lowest BCUT2D eigenvalue weighted by Gasteiger charge is -2.11. The lowest BCUT2D eigenvalue weighted by molar-refractivity contribution is 0.102. The highest BCUT2D eigenvalue weighted by Crippen LogP contribution is 2.28. The summed E-state index contributed by atoms with van der Waals surface area (Å²) in [5.41, 5.74) is 2.32. The second-order valence-electron chi connectivity index (χ2n) is 4.31. The Balaban J connectivity index is 2.24. The summed E-state index contributed by atoms with van der Waals surface area (Å²) in [5.74, 6) is 0.929. The molecule has 0 spiro atoms. The molecule has 1 amide bonds. The molecule has 0 aliphatic carbocycles. The van der Waals surface area contributed by atoms with Crippen LogP contribution < -0.4 is 14.8 Å². The van der Waals surface area contributed by atoms with E-state index in [1.165, 1.54) is 0 Å². The van der Waals surface area contributed by atoms with E-state index >= 15 is 0 Å². The first-order valence-corrected chi connectivity index (χ1v) is 7.49. The molecule has 1 N–H and O–H groups in total. The van der Waals surface area contributed by atoms with E-state index in [0.29, 0.717) is 22.4 Å². The molecule has 0 aliphatic rings. The number of amides is 1. The molecule has 0 unspecified atom stereocenters. The highest BCUT2D eigenvalue weighted by atomic mass is 79.9. The van der Waals surface area contributed by atoms with E-state index in [4.69, 9.17) is 9.47 Å². The first-order valence-electron chi connectivity index (χ1n) is 6.37. The average Bonchev–Trinajstić information content (AvgIpc) is 2.54. The molecular weight excluding hydrogens is 334 g/mol. The summed E-state index contributed by atoms with van der Waals surface area (Å²) in [6.45, 7) is 0. The zero-order valence-corrected chi connectivity index (χ0v) is 13.4. The van der Waals surface area contributed by atoms with Crippen molar-refractivity contribution in [3.05, 3.63) is 53.6 Å². The molecule has 21 heavy (non-hydrogen) atoms. The molecule has 5 heteroatoms. The van der Waals surface area contributed by atoms with Gasteiger partial charge in [-0.2, -0.15) is 0 Å². The zero-order valence-electron chi connectivity index (χ0n) is 11.9. The van der Waals surface area contributed by atoms with Crippen LogP contribution in [0, 0.1) is 0 Å². The fourth-order valence-corrected chi connectivity index (χ4v) is 2.42. The number of rotatable bonds is 5. The van der Waals surface area contributed by atoms with Crippen LogP contribution in [0.1, 0.15) is 15.9 Å². The van der Waals surface area contributed by atoms with E-state index in [1.54, 1.807) is 32.4 Å². The van der Waals surface area contributed by atoms with Crippen molar-refractivity contribution in [2.24, 2.45) is 0 Å². The summed E-state index contributed by atoms with van der Waals surface area (Å²) >= 11 is 3.41. The molecule has 2 rings (SSSR count). The van der Waals surface area contributed by atoms with Crippen molar-refractivity contribution in [3.63, 3.8) is 0 Å². The largest absolute Gasteiger partial charge is 0.493 e. The van der Waals surface area contributed by atoms with E-state index in [-0.39, 0.29) is 5.91 Å². The normalized spacial score (nSPS) is 10.0. The number of anilines is 1. The van der Waals surface area contributed by atoms with Crippen LogP contribution in [0.3, 0.4) is 0 Å². The number of halogens is 1. The minimum Gasteiger partial charge on any atom is -0.493 e. The number of benzene rings is 2. The van der Waals surface area contributed by atoms with Gasteiger partial charge in [-0.1, -0.05) is 34.1 Å². The number of carbonyl (C=O) groups excluding carboxylic acids is 1. The topological polar surface area (TPSA) is 47.6 Å². The van der Waals surface area contributed by atoms with Gasteiger partial charge in [0.2, 0.25) is 0 Å². The maximum atomic E-state index is 12.3. The van der Waals surface area contributed by atoms with Gasteiger partial charge in [0.1, 0.15) is 0 Å². The highest BCUT2D eigenvalue weighted by molar-refractivity contribution is 9.08. The average molecular weight is 350 g/mol. The summed E-state index contributed by atoms with van der Waals surface area (Å²) < 4.78 is 10.4. The predicted octanol–water partition coefficient (Wildman–Crippen LogP) is 3.85. The monoisotopic (exact) mass is 349 g/mol. The summed E-state index contributed by atoms with van der Waals surface area (Å²) in [6.07, 6.45) is 0. The Morgan fingerprint density at radius 2 is 1.81 bits per heavy atom. The summed E-state index contributed by atoms with van der Waals surface area (Å²) in [5, 5.41) is 3.58. The second kappa shape index (κ2) is 7.13. The number of hydrogen-bond donors (Lipinski definition) is 1. The molecule has 2 aromatic carbocycles. The lowest BCUT2D eigenvalue weighted by atomic mass is 10.1. The minimum atomic E-state index is -0.190. The van der Waals surface area contributed by atoms with Crippen molar-refractivity contribution < 1.29 is 14.3 Å². The van der Waals surface area contributed by atoms with Crippen LogP contribution in [0.15, 0.2) is 42.5 Å². The molecule has 0 saturated carbocycles. The molecular formula is C16H16BrNO3. The Labute approximate surface area is 132 Å². The SMILES string of the molecule is COc1ccc(C(=O)Nc2ccccc2CBr)cc1OC. The van der Waals surface area contributed by atoms with Crippen LogP contribution in [0.2, 0.25) is 0 Å². The third kappa shape index (κ3) is 3.55. The predicted molar refractivity (Wildman–Crippen MR) is 86.6 cm³/mol. The van der Waals surface area contributed by atoms with Crippen molar-refractivity contribution >= 4 is 27.5 Å². The van der Waals surface area contributed by atoms with Gasteiger partial charge in [0.25, 0.3) is 5.91 Å². The van der Waals surface area contributed by atoms with Crippen molar-refractivity contribution in [2.45, 2.75) is 5.33 Å². The summed E-state index contributed by atoms with van der Waals surface area (Å²) in [6, 6.07) is 12.7. The molecule has 110 valence electrons. The van der Waals surface area contributed by atoms with Crippen molar-refractivity contribution in [2.75, 3.05) is 19.5 Å². The Morgan fingerprint density at radius 1 is 1.10 bits per heavy atom. The Bertz CT molecular complexity index is 643. The van der Waals surface area contributed by atoms with Gasteiger partial charge in [-0.15, -0.1) is 0 Å². The van der Waals surface area contributed by atoms with Gasteiger partial charge in [0.05, 0.1) is 14.2 Å². The number of hydrogen-bond acceptors (Lipinski definition) is 3. The maximum absolute atomic E-state index is 12.3. The van der Waals surface area contributed by atoms with Crippen LogP contribution in [0.5, 0.6) is 11.5 Å². The number of para-hydroxylation sites is 1. The molecule has 2 aromatic rings. The Morgan fingerprint density at radius 3 is 2.48 bits per heavy atom. The lowest BCUT2D eigenvalue weighted by Crippen LogP contribution is -2.13. The third-order valence-corrected chi connectivity index (χ3v) is 3.66. The molecule has 4 nitrogen and oxygen atoms in total. The molecule has 0 saturated heterocycles. The first-order chi connectivity index (χ1) is 10.2. The van der Waals surface area contributed by atoms with Gasteiger partial charge < -0.3 is 14.8 Å². The van der Waals surface area contributed by atoms with Crippen molar-refractivity contribution in [3.8, 4) is 11.5 Å². The third-order valence-electron chi connectivity index (χ3n) is 3.06. The Kier molecular flexibility index (Phi) is 5.22. The molecule has 0 atom stereocenters. The van der Waals surface area contributed by atoms with E-state index in [2.05, 4.69) is 21.2 Å². The highest BCUT2D eigenvalue weighted by Gasteiger charge is 2.12. The van der Waals surface area contributed by atoms with Crippen LogP contribution in [-0.4, -0.2) is 20.1 Å². The Hall–Kier alpha value is -2.01. The van der Waals surface area contributed by atoms with Gasteiger partial charge in [0, 0.05) is 16.6 Å². The van der Waals surface area contributed by atoms with Crippen LogP contribution in [0.25, 0.3) is 0 Å². The number of nitrogens with one attached hydrogen (secondary N) is 1. The maximum Gasteiger partial charge on any atom is 0.255 e. The fraction of sp³-hybridized carbons (Fsp3) is 0.188. The van der Waals surface area contributed by atoms with Crippen molar-refractivity contribution in [1.29, 1.82) is 0 Å². The fourth-order valence-electron chi connectivity index (χ4n) is 1.93. The second-order valence-corrected chi connectivity index (χ2v) is 4.88.